The van der Waals surface area contributed by atoms with Gasteiger partial charge >= 0.3 is 5.97 Å². The molecule has 0 radical (unpaired) electrons. The molecule has 0 aliphatic heterocycles. The summed E-state index contributed by atoms with van der Waals surface area (Å²) in [5.74, 6) is -1.34. The van der Waals surface area contributed by atoms with Gasteiger partial charge in [0.1, 0.15) is 6.26 Å². The van der Waals surface area contributed by atoms with Crippen LogP contribution in [0.1, 0.15) is 36.7 Å². The predicted octanol–water partition coefficient (Wildman–Crippen LogP) is 1.05. The molecule has 0 saturated carbocycles. The summed E-state index contributed by atoms with van der Waals surface area (Å²) in [4.78, 5) is 22.1. The molecule has 1 aromatic heterocycles. The minimum absolute atomic E-state index is 0.0859. The molecule has 1 aromatic rings. The summed E-state index contributed by atoms with van der Waals surface area (Å²) in [6.45, 7) is 1.93. The predicted molar refractivity (Wildman–Crippen MR) is 54.9 cm³/mol. The first-order valence-corrected chi connectivity index (χ1v) is 5.06. The zero-order valence-corrected chi connectivity index (χ0v) is 8.97. The number of aliphatic carboxylic acids is 1. The minimum Gasteiger partial charge on any atom is -0.481 e. The number of carbonyl (C=O) groups excluding carboxylic acids is 1. The van der Waals surface area contributed by atoms with Gasteiger partial charge < -0.3 is 14.9 Å². The van der Waals surface area contributed by atoms with Crippen LogP contribution in [0.25, 0.3) is 0 Å². The Morgan fingerprint density at radius 2 is 2.38 bits per heavy atom. The fourth-order valence-electron chi connectivity index (χ4n) is 1.37. The van der Waals surface area contributed by atoms with Crippen molar-refractivity contribution in [2.24, 2.45) is 0 Å². The molecule has 1 rings (SSSR count). The Hall–Kier alpha value is -1.85. The van der Waals surface area contributed by atoms with Crippen LogP contribution in [0.3, 0.4) is 0 Å². The second-order valence-electron chi connectivity index (χ2n) is 3.44. The number of nitrogens with one attached hydrogen (secondary N) is 1. The van der Waals surface area contributed by atoms with Crippen molar-refractivity contribution in [2.45, 2.75) is 32.2 Å². The van der Waals surface area contributed by atoms with E-state index in [1.807, 2.05) is 6.92 Å². The maximum atomic E-state index is 11.5. The molecule has 0 aliphatic carbocycles. The lowest BCUT2D eigenvalue weighted by Crippen LogP contribution is -2.36. The first-order chi connectivity index (χ1) is 7.63. The van der Waals surface area contributed by atoms with Crippen LogP contribution >= 0.6 is 0 Å². The Balaban J connectivity index is 2.54. The first-order valence-electron chi connectivity index (χ1n) is 5.06. The number of hydrogen-bond acceptors (Lipinski definition) is 4. The smallest absolute Gasteiger partial charge is 0.305 e. The molecule has 0 aromatic carbocycles. The summed E-state index contributed by atoms with van der Waals surface area (Å²) in [5, 5.41) is 14.8. The molecule has 88 valence electrons. The van der Waals surface area contributed by atoms with Crippen LogP contribution < -0.4 is 5.32 Å². The normalized spacial score (nSPS) is 12.1. The van der Waals surface area contributed by atoms with E-state index in [2.05, 4.69) is 15.0 Å². The standard InChI is InChI=1S/C10H14N2O4/c1-2-3-7(6-9(13)14)11-10(15)8-4-5-16-12-8/h4-5,7H,2-3,6H2,1H3,(H,11,15)(H,13,14). The minimum atomic E-state index is -0.932. The lowest BCUT2D eigenvalue weighted by molar-refractivity contribution is -0.137. The quantitative estimate of drug-likeness (QED) is 0.756. The molecule has 0 saturated heterocycles. The molecule has 2 N–H and O–H groups in total. The summed E-state index contributed by atoms with van der Waals surface area (Å²) in [7, 11) is 0. The number of nitrogens with zero attached hydrogens (tertiary/aromatic N) is 1. The molecular weight excluding hydrogens is 212 g/mol. The highest BCUT2D eigenvalue weighted by atomic mass is 16.5. The summed E-state index contributed by atoms with van der Waals surface area (Å²) >= 11 is 0. The molecule has 1 amide bonds. The van der Waals surface area contributed by atoms with Gasteiger partial charge in [0.25, 0.3) is 5.91 Å². The highest BCUT2D eigenvalue weighted by Gasteiger charge is 2.17. The van der Waals surface area contributed by atoms with Gasteiger partial charge in [-0.2, -0.15) is 0 Å². The summed E-state index contributed by atoms with van der Waals surface area (Å²) in [6.07, 6.45) is 2.63. The molecule has 1 heterocycles. The van der Waals surface area contributed by atoms with E-state index in [9.17, 15) is 9.59 Å². The van der Waals surface area contributed by atoms with Crippen molar-refractivity contribution < 1.29 is 19.2 Å². The molecule has 0 aliphatic rings. The zero-order valence-electron chi connectivity index (χ0n) is 8.97. The van der Waals surface area contributed by atoms with Crippen molar-refractivity contribution in [3.8, 4) is 0 Å². The van der Waals surface area contributed by atoms with Crippen molar-refractivity contribution in [1.82, 2.24) is 10.5 Å². The van der Waals surface area contributed by atoms with Gasteiger partial charge in [0.15, 0.2) is 5.69 Å². The molecule has 1 atom stereocenters. The molecule has 6 nitrogen and oxygen atoms in total. The van der Waals surface area contributed by atoms with E-state index in [0.717, 1.165) is 6.42 Å². The number of aromatic nitrogens is 1. The number of carbonyl (C=O) groups is 2. The van der Waals surface area contributed by atoms with Crippen LogP contribution in [0.15, 0.2) is 16.9 Å². The number of hydrogen-bond donors (Lipinski definition) is 2. The second-order valence-corrected chi connectivity index (χ2v) is 3.44. The molecule has 0 spiro atoms. The molecule has 0 fully saturated rings. The number of rotatable bonds is 6. The van der Waals surface area contributed by atoms with Gasteiger partial charge in [-0.05, 0) is 6.42 Å². The third-order valence-corrected chi connectivity index (χ3v) is 2.06. The average molecular weight is 226 g/mol. The summed E-state index contributed by atoms with van der Waals surface area (Å²) < 4.78 is 4.53. The topological polar surface area (TPSA) is 92.4 Å². The third-order valence-electron chi connectivity index (χ3n) is 2.06. The monoisotopic (exact) mass is 226 g/mol. The zero-order chi connectivity index (χ0) is 12.0. The van der Waals surface area contributed by atoms with Gasteiger partial charge in [-0.15, -0.1) is 0 Å². The Kier molecular flexibility index (Phi) is 4.50. The Morgan fingerprint density at radius 1 is 1.62 bits per heavy atom. The van der Waals surface area contributed by atoms with E-state index in [1.54, 1.807) is 0 Å². The highest BCUT2D eigenvalue weighted by Crippen LogP contribution is 2.04. The number of amides is 1. The van der Waals surface area contributed by atoms with Gasteiger partial charge in [-0.25, -0.2) is 0 Å². The lowest BCUT2D eigenvalue weighted by atomic mass is 10.1. The fraction of sp³-hybridized carbons (Fsp3) is 0.500. The van der Waals surface area contributed by atoms with Crippen molar-refractivity contribution in [2.75, 3.05) is 0 Å². The number of carboxylic acid groups (broad SMARTS) is 1. The maximum Gasteiger partial charge on any atom is 0.305 e. The van der Waals surface area contributed by atoms with E-state index < -0.39 is 11.9 Å². The van der Waals surface area contributed by atoms with Crippen LogP contribution in [0.4, 0.5) is 0 Å². The SMILES string of the molecule is CCCC(CC(=O)O)NC(=O)c1ccon1. The second kappa shape index (κ2) is 5.89. The Bertz CT molecular complexity index is 348. The summed E-state index contributed by atoms with van der Waals surface area (Å²) in [5.41, 5.74) is 0.159. The van der Waals surface area contributed by atoms with E-state index >= 15 is 0 Å². The van der Waals surface area contributed by atoms with Crippen LogP contribution in [-0.4, -0.2) is 28.2 Å². The van der Waals surface area contributed by atoms with Gasteiger partial charge in [0, 0.05) is 12.1 Å². The van der Waals surface area contributed by atoms with Crippen molar-refractivity contribution in [1.29, 1.82) is 0 Å². The molecule has 1 unspecified atom stereocenters. The van der Waals surface area contributed by atoms with Crippen molar-refractivity contribution in [3.63, 3.8) is 0 Å². The van der Waals surface area contributed by atoms with E-state index in [-0.39, 0.29) is 18.2 Å². The van der Waals surface area contributed by atoms with Gasteiger partial charge in [-0.3, -0.25) is 9.59 Å². The Labute approximate surface area is 92.6 Å². The van der Waals surface area contributed by atoms with Crippen molar-refractivity contribution in [3.05, 3.63) is 18.0 Å². The Morgan fingerprint density at radius 3 is 2.88 bits per heavy atom. The molecule has 0 bridgehead atoms. The maximum absolute atomic E-state index is 11.5. The molecular formula is C10H14N2O4. The van der Waals surface area contributed by atoms with Crippen molar-refractivity contribution >= 4 is 11.9 Å². The van der Waals surface area contributed by atoms with E-state index in [4.69, 9.17) is 5.11 Å². The molecule has 16 heavy (non-hydrogen) atoms. The average Bonchev–Trinajstić information content (AvgIpc) is 2.69. The van der Waals surface area contributed by atoms with Gasteiger partial charge in [0.2, 0.25) is 0 Å². The molecule has 6 heteroatoms. The number of carboxylic acids is 1. The summed E-state index contributed by atoms with van der Waals surface area (Å²) in [6, 6.07) is 1.06. The van der Waals surface area contributed by atoms with Crippen LogP contribution in [-0.2, 0) is 4.79 Å². The van der Waals surface area contributed by atoms with Gasteiger partial charge in [-0.1, -0.05) is 18.5 Å². The van der Waals surface area contributed by atoms with E-state index in [1.165, 1.54) is 12.3 Å². The van der Waals surface area contributed by atoms with Crippen LogP contribution in [0.2, 0.25) is 0 Å². The van der Waals surface area contributed by atoms with Crippen LogP contribution in [0.5, 0.6) is 0 Å². The highest BCUT2D eigenvalue weighted by molar-refractivity contribution is 5.92. The van der Waals surface area contributed by atoms with Gasteiger partial charge in [0.05, 0.1) is 6.42 Å². The third kappa shape index (κ3) is 3.72. The van der Waals surface area contributed by atoms with E-state index in [0.29, 0.717) is 6.42 Å². The lowest BCUT2D eigenvalue weighted by Gasteiger charge is -2.14. The van der Waals surface area contributed by atoms with Crippen LogP contribution in [0, 0.1) is 0 Å². The largest absolute Gasteiger partial charge is 0.481 e. The fourth-order valence-corrected chi connectivity index (χ4v) is 1.37. The first kappa shape index (κ1) is 12.2.